The summed E-state index contributed by atoms with van der Waals surface area (Å²) in [7, 11) is 1.96. The molecule has 1 unspecified atom stereocenters. The van der Waals surface area contributed by atoms with Gasteiger partial charge in [-0.1, -0.05) is 13.3 Å². The molecule has 0 aromatic heterocycles. The van der Waals surface area contributed by atoms with Crippen molar-refractivity contribution in [3.63, 3.8) is 0 Å². The van der Waals surface area contributed by atoms with E-state index in [-0.39, 0.29) is 5.91 Å². The van der Waals surface area contributed by atoms with Crippen LogP contribution >= 0.6 is 0 Å². The summed E-state index contributed by atoms with van der Waals surface area (Å²) in [5.74, 6) is -1.22. The van der Waals surface area contributed by atoms with Crippen LogP contribution in [0.15, 0.2) is 0 Å². The quantitative estimate of drug-likeness (QED) is 0.644. The highest BCUT2D eigenvalue weighted by atomic mass is 16.4. The second-order valence-electron chi connectivity index (χ2n) is 4.03. The molecule has 1 atom stereocenters. The Morgan fingerprint density at radius 2 is 2.00 bits per heavy atom. The molecule has 0 aliphatic carbocycles. The van der Waals surface area contributed by atoms with Crippen molar-refractivity contribution in [3.8, 4) is 0 Å². The van der Waals surface area contributed by atoms with Crippen molar-refractivity contribution < 1.29 is 14.7 Å². The molecule has 0 heterocycles. The molecule has 5 heteroatoms. The zero-order valence-electron chi connectivity index (χ0n) is 10.3. The summed E-state index contributed by atoms with van der Waals surface area (Å²) in [6.45, 7) is 5.21. The summed E-state index contributed by atoms with van der Waals surface area (Å²) in [6, 6.07) is -0.812. The zero-order chi connectivity index (χ0) is 12.6. The standard InChI is InChI=1S/C11H22N2O3/c1-4-5-7-13(3)8-6-10(14)12-9(2)11(15)16/h9H,4-8H2,1-3H3,(H,12,14)(H,15,16). The smallest absolute Gasteiger partial charge is 0.325 e. The minimum absolute atomic E-state index is 0.210. The number of nitrogens with one attached hydrogen (secondary N) is 1. The van der Waals surface area contributed by atoms with E-state index < -0.39 is 12.0 Å². The van der Waals surface area contributed by atoms with Crippen LogP contribution < -0.4 is 5.32 Å². The van der Waals surface area contributed by atoms with Gasteiger partial charge >= 0.3 is 5.97 Å². The minimum atomic E-state index is -1.01. The highest BCUT2D eigenvalue weighted by Gasteiger charge is 2.13. The summed E-state index contributed by atoms with van der Waals surface area (Å²) in [6.07, 6.45) is 2.59. The highest BCUT2D eigenvalue weighted by Crippen LogP contribution is 1.94. The second-order valence-corrected chi connectivity index (χ2v) is 4.03. The molecule has 1 amide bonds. The minimum Gasteiger partial charge on any atom is -0.480 e. The van der Waals surface area contributed by atoms with E-state index >= 15 is 0 Å². The molecule has 2 N–H and O–H groups in total. The van der Waals surface area contributed by atoms with Crippen molar-refractivity contribution >= 4 is 11.9 Å². The van der Waals surface area contributed by atoms with Crippen LogP contribution in [0.1, 0.15) is 33.1 Å². The zero-order valence-corrected chi connectivity index (χ0v) is 10.3. The maximum atomic E-state index is 11.3. The van der Waals surface area contributed by atoms with Gasteiger partial charge in [0.05, 0.1) is 0 Å². The number of nitrogens with zero attached hydrogens (tertiary/aromatic N) is 1. The number of aliphatic carboxylic acids is 1. The molecule has 0 rings (SSSR count). The third-order valence-electron chi connectivity index (χ3n) is 2.36. The molecule has 0 aromatic rings. The number of unbranched alkanes of at least 4 members (excludes halogenated alkanes) is 1. The van der Waals surface area contributed by atoms with Gasteiger partial charge in [0, 0.05) is 13.0 Å². The topological polar surface area (TPSA) is 69.6 Å². The van der Waals surface area contributed by atoms with E-state index in [1.54, 1.807) is 0 Å². The third-order valence-corrected chi connectivity index (χ3v) is 2.36. The van der Waals surface area contributed by atoms with Crippen molar-refractivity contribution in [2.24, 2.45) is 0 Å². The van der Waals surface area contributed by atoms with E-state index in [4.69, 9.17) is 5.11 Å². The van der Waals surface area contributed by atoms with Crippen LogP contribution in [0.25, 0.3) is 0 Å². The Labute approximate surface area is 96.8 Å². The molecular formula is C11H22N2O3. The summed E-state index contributed by atoms with van der Waals surface area (Å²) in [5, 5.41) is 11.0. The maximum absolute atomic E-state index is 11.3. The Hall–Kier alpha value is -1.10. The van der Waals surface area contributed by atoms with E-state index in [1.165, 1.54) is 6.92 Å². The van der Waals surface area contributed by atoms with Crippen molar-refractivity contribution in [2.75, 3.05) is 20.1 Å². The number of carboxylic acids is 1. The van der Waals surface area contributed by atoms with E-state index in [1.807, 2.05) is 7.05 Å². The lowest BCUT2D eigenvalue weighted by atomic mass is 10.3. The van der Waals surface area contributed by atoms with Crippen molar-refractivity contribution in [3.05, 3.63) is 0 Å². The lowest BCUT2D eigenvalue weighted by Crippen LogP contribution is -2.39. The summed E-state index contributed by atoms with van der Waals surface area (Å²) in [4.78, 5) is 23.9. The second kappa shape index (κ2) is 8.10. The number of carbonyl (C=O) groups is 2. The Kier molecular flexibility index (Phi) is 7.54. The molecule has 0 aromatic carbocycles. The molecule has 0 aliphatic heterocycles. The number of amides is 1. The molecule has 0 bridgehead atoms. The fourth-order valence-electron chi connectivity index (χ4n) is 1.21. The summed E-state index contributed by atoms with van der Waals surface area (Å²) < 4.78 is 0. The lowest BCUT2D eigenvalue weighted by molar-refractivity contribution is -0.141. The van der Waals surface area contributed by atoms with Crippen LogP contribution in [0, 0.1) is 0 Å². The first-order chi connectivity index (χ1) is 7.47. The molecule has 5 nitrogen and oxygen atoms in total. The van der Waals surface area contributed by atoms with Crippen LogP contribution in [-0.4, -0.2) is 48.1 Å². The van der Waals surface area contributed by atoms with Gasteiger partial charge in [-0.15, -0.1) is 0 Å². The first kappa shape index (κ1) is 14.9. The van der Waals surface area contributed by atoms with Gasteiger partial charge in [0.25, 0.3) is 0 Å². The SMILES string of the molecule is CCCCN(C)CCC(=O)NC(C)C(=O)O. The molecule has 0 fully saturated rings. The Morgan fingerprint density at radius 1 is 1.38 bits per heavy atom. The van der Waals surface area contributed by atoms with Crippen LogP contribution in [0.5, 0.6) is 0 Å². The summed E-state index contributed by atoms with van der Waals surface area (Å²) in [5.41, 5.74) is 0. The fraction of sp³-hybridized carbons (Fsp3) is 0.818. The van der Waals surface area contributed by atoms with Gasteiger partial charge in [-0.25, -0.2) is 0 Å². The van der Waals surface area contributed by atoms with Crippen molar-refractivity contribution in [1.29, 1.82) is 0 Å². The Morgan fingerprint density at radius 3 is 2.50 bits per heavy atom. The van der Waals surface area contributed by atoms with Crippen LogP contribution in [0.2, 0.25) is 0 Å². The van der Waals surface area contributed by atoms with Crippen LogP contribution in [-0.2, 0) is 9.59 Å². The van der Waals surface area contributed by atoms with Crippen molar-refractivity contribution in [2.45, 2.75) is 39.2 Å². The van der Waals surface area contributed by atoms with Crippen LogP contribution in [0.4, 0.5) is 0 Å². The first-order valence-electron chi connectivity index (χ1n) is 5.68. The molecule has 16 heavy (non-hydrogen) atoms. The predicted molar refractivity (Wildman–Crippen MR) is 62.3 cm³/mol. The average Bonchev–Trinajstić information content (AvgIpc) is 2.23. The predicted octanol–water partition coefficient (Wildman–Crippen LogP) is 0.698. The molecule has 0 saturated carbocycles. The van der Waals surface area contributed by atoms with Gasteiger partial charge in [-0.05, 0) is 26.9 Å². The van der Waals surface area contributed by atoms with Gasteiger partial charge in [-0.3, -0.25) is 9.59 Å². The van der Waals surface area contributed by atoms with Gasteiger partial charge in [0.15, 0.2) is 0 Å². The summed E-state index contributed by atoms with van der Waals surface area (Å²) >= 11 is 0. The monoisotopic (exact) mass is 230 g/mol. The van der Waals surface area contributed by atoms with E-state index in [9.17, 15) is 9.59 Å². The molecule has 94 valence electrons. The molecule has 0 aliphatic rings. The normalized spacial score (nSPS) is 12.5. The van der Waals surface area contributed by atoms with E-state index in [0.717, 1.165) is 19.4 Å². The van der Waals surface area contributed by atoms with Gasteiger partial charge in [0.2, 0.25) is 5.91 Å². The maximum Gasteiger partial charge on any atom is 0.325 e. The Balaban J connectivity index is 3.68. The molecular weight excluding hydrogens is 208 g/mol. The molecule has 0 saturated heterocycles. The van der Waals surface area contributed by atoms with E-state index in [2.05, 4.69) is 17.1 Å². The fourth-order valence-corrected chi connectivity index (χ4v) is 1.21. The third kappa shape index (κ3) is 7.23. The molecule has 0 spiro atoms. The lowest BCUT2D eigenvalue weighted by Gasteiger charge is -2.16. The average molecular weight is 230 g/mol. The van der Waals surface area contributed by atoms with Crippen LogP contribution in [0.3, 0.4) is 0 Å². The highest BCUT2D eigenvalue weighted by molar-refractivity contribution is 5.83. The number of carboxylic acid groups (broad SMARTS) is 1. The first-order valence-corrected chi connectivity index (χ1v) is 5.68. The van der Waals surface area contributed by atoms with E-state index in [0.29, 0.717) is 13.0 Å². The number of hydrogen-bond donors (Lipinski definition) is 2. The number of hydrogen-bond acceptors (Lipinski definition) is 3. The van der Waals surface area contributed by atoms with Gasteiger partial charge in [0.1, 0.15) is 6.04 Å². The largest absolute Gasteiger partial charge is 0.480 e. The van der Waals surface area contributed by atoms with Crippen molar-refractivity contribution in [1.82, 2.24) is 10.2 Å². The van der Waals surface area contributed by atoms with Gasteiger partial charge < -0.3 is 15.3 Å². The number of rotatable bonds is 8. The van der Waals surface area contributed by atoms with Gasteiger partial charge in [-0.2, -0.15) is 0 Å². The molecule has 0 radical (unpaired) electrons. The number of carbonyl (C=O) groups excluding carboxylic acids is 1. The Bertz CT molecular complexity index is 231.